The Labute approximate surface area is 149 Å². The Balaban J connectivity index is 1.83. The van der Waals surface area contributed by atoms with E-state index in [2.05, 4.69) is 17.0 Å². The molecule has 0 bridgehead atoms. The predicted octanol–water partition coefficient (Wildman–Crippen LogP) is 2.33. The molecule has 0 aliphatic carbocycles. The van der Waals surface area contributed by atoms with E-state index in [1.165, 1.54) is 11.0 Å². The summed E-state index contributed by atoms with van der Waals surface area (Å²) in [5.74, 6) is 0. The van der Waals surface area contributed by atoms with Crippen LogP contribution in [0.2, 0.25) is 0 Å². The number of likely N-dealkylation sites (N-methyl/N-ethyl adjacent to an activating group) is 1. The van der Waals surface area contributed by atoms with Gasteiger partial charge in [-0.1, -0.05) is 19.1 Å². The van der Waals surface area contributed by atoms with Crippen LogP contribution in [0.25, 0.3) is 10.2 Å². The summed E-state index contributed by atoms with van der Waals surface area (Å²) in [6.45, 7) is 2.75. The van der Waals surface area contributed by atoms with Crippen LogP contribution in [0.15, 0.2) is 46.6 Å². The molecule has 0 saturated heterocycles. The van der Waals surface area contributed by atoms with E-state index in [9.17, 15) is 4.79 Å². The van der Waals surface area contributed by atoms with E-state index in [1.807, 2.05) is 42.3 Å². The van der Waals surface area contributed by atoms with Gasteiger partial charge >= 0.3 is 0 Å². The second kappa shape index (κ2) is 7.58. The fourth-order valence-corrected chi connectivity index (χ4v) is 3.37. The van der Waals surface area contributed by atoms with Crippen molar-refractivity contribution in [2.24, 2.45) is 5.10 Å². The van der Waals surface area contributed by atoms with Gasteiger partial charge in [0.1, 0.15) is 11.2 Å². The second-order valence-electron chi connectivity index (χ2n) is 5.66. The SMILES string of the molecule is CCc1cc2c(=O)n(/N=C\c3ccc(N(C)CCO)cc3)cnc2s1. The lowest BCUT2D eigenvalue weighted by Gasteiger charge is -2.17. The maximum Gasteiger partial charge on any atom is 0.282 e. The fraction of sp³-hybridized carbons (Fsp3) is 0.278. The number of anilines is 1. The number of aliphatic hydroxyl groups is 1. The molecule has 1 N–H and O–H groups in total. The molecular weight excluding hydrogens is 336 g/mol. The van der Waals surface area contributed by atoms with Crippen LogP contribution in [0.4, 0.5) is 5.69 Å². The molecule has 0 aliphatic heterocycles. The van der Waals surface area contributed by atoms with Gasteiger partial charge in [0, 0.05) is 24.2 Å². The summed E-state index contributed by atoms with van der Waals surface area (Å²) >= 11 is 1.54. The first kappa shape index (κ1) is 17.3. The van der Waals surface area contributed by atoms with E-state index in [1.54, 1.807) is 17.6 Å². The van der Waals surface area contributed by atoms with Crippen LogP contribution in [-0.4, -0.2) is 41.2 Å². The average molecular weight is 356 g/mol. The number of thiophene rings is 1. The summed E-state index contributed by atoms with van der Waals surface area (Å²) in [4.78, 5) is 20.7. The van der Waals surface area contributed by atoms with Crippen molar-refractivity contribution in [1.82, 2.24) is 9.66 Å². The molecule has 0 amide bonds. The lowest BCUT2D eigenvalue weighted by atomic mass is 10.2. The number of nitrogens with zero attached hydrogens (tertiary/aromatic N) is 4. The summed E-state index contributed by atoms with van der Waals surface area (Å²) in [5, 5.41) is 13.8. The van der Waals surface area contributed by atoms with Gasteiger partial charge in [-0.2, -0.15) is 9.78 Å². The topological polar surface area (TPSA) is 70.7 Å². The lowest BCUT2D eigenvalue weighted by Crippen LogP contribution is -2.20. The van der Waals surface area contributed by atoms with Crippen LogP contribution in [0, 0.1) is 0 Å². The van der Waals surface area contributed by atoms with Crippen molar-refractivity contribution in [3.05, 3.63) is 57.5 Å². The van der Waals surface area contributed by atoms with Crippen molar-refractivity contribution in [1.29, 1.82) is 0 Å². The number of hydrogen-bond donors (Lipinski definition) is 1. The van der Waals surface area contributed by atoms with Gasteiger partial charge in [-0.15, -0.1) is 11.3 Å². The monoisotopic (exact) mass is 356 g/mol. The van der Waals surface area contributed by atoms with Gasteiger partial charge in [0.05, 0.1) is 18.2 Å². The van der Waals surface area contributed by atoms with E-state index in [0.717, 1.165) is 27.4 Å². The summed E-state index contributed by atoms with van der Waals surface area (Å²) in [6.07, 6.45) is 3.99. The number of hydrogen-bond acceptors (Lipinski definition) is 6. The minimum absolute atomic E-state index is 0.112. The number of aryl methyl sites for hydroxylation is 1. The standard InChI is InChI=1S/C18H20N4O2S/c1-3-15-10-16-17(25-15)19-12-22(18(16)24)20-11-13-4-6-14(7-5-13)21(2)8-9-23/h4-7,10-12,23H,3,8-9H2,1-2H3/b20-11-. The van der Waals surface area contributed by atoms with Gasteiger partial charge in [0.25, 0.3) is 5.56 Å². The maximum atomic E-state index is 12.5. The molecular formula is C18H20N4O2S. The molecule has 25 heavy (non-hydrogen) atoms. The molecule has 6 nitrogen and oxygen atoms in total. The molecule has 2 heterocycles. The Kier molecular flexibility index (Phi) is 5.25. The summed E-state index contributed by atoms with van der Waals surface area (Å²) < 4.78 is 1.26. The Morgan fingerprint density at radius 3 is 2.80 bits per heavy atom. The van der Waals surface area contributed by atoms with Gasteiger partial charge in [-0.3, -0.25) is 4.79 Å². The van der Waals surface area contributed by atoms with E-state index in [4.69, 9.17) is 5.11 Å². The molecule has 0 fully saturated rings. The molecule has 130 valence electrons. The third-order valence-corrected chi connectivity index (χ3v) is 5.12. The van der Waals surface area contributed by atoms with E-state index in [0.29, 0.717) is 11.9 Å². The van der Waals surface area contributed by atoms with Gasteiger partial charge in [0.2, 0.25) is 0 Å². The lowest BCUT2D eigenvalue weighted by molar-refractivity contribution is 0.304. The normalized spacial score (nSPS) is 11.5. The molecule has 0 saturated carbocycles. The first-order valence-corrected chi connectivity index (χ1v) is 8.90. The zero-order valence-corrected chi connectivity index (χ0v) is 15.0. The van der Waals surface area contributed by atoms with Crippen LogP contribution in [0.1, 0.15) is 17.4 Å². The highest BCUT2D eigenvalue weighted by Crippen LogP contribution is 2.21. The minimum atomic E-state index is -0.156. The maximum absolute atomic E-state index is 12.5. The van der Waals surface area contributed by atoms with Crippen LogP contribution in [0.5, 0.6) is 0 Å². The van der Waals surface area contributed by atoms with E-state index in [-0.39, 0.29) is 12.2 Å². The van der Waals surface area contributed by atoms with Crippen LogP contribution in [0.3, 0.4) is 0 Å². The molecule has 3 aromatic rings. The number of aromatic nitrogens is 2. The number of aliphatic hydroxyl groups excluding tert-OH is 1. The first-order valence-electron chi connectivity index (χ1n) is 8.09. The zero-order chi connectivity index (χ0) is 17.8. The van der Waals surface area contributed by atoms with Crippen molar-refractivity contribution in [3.63, 3.8) is 0 Å². The average Bonchev–Trinajstić information content (AvgIpc) is 3.06. The molecule has 2 aromatic heterocycles. The Hall–Kier alpha value is -2.51. The molecule has 0 aliphatic rings. The summed E-state index contributed by atoms with van der Waals surface area (Å²) in [7, 11) is 1.92. The number of fused-ring (bicyclic) bond motifs is 1. The third-order valence-electron chi connectivity index (χ3n) is 3.94. The Bertz CT molecular complexity index is 944. The van der Waals surface area contributed by atoms with Gasteiger partial charge in [0.15, 0.2) is 0 Å². The van der Waals surface area contributed by atoms with Gasteiger partial charge in [-0.05, 0) is 30.2 Å². The highest BCUT2D eigenvalue weighted by atomic mass is 32.1. The van der Waals surface area contributed by atoms with Crippen LogP contribution < -0.4 is 10.5 Å². The predicted molar refractivity (Wildman–Crippen MR) is 103 cm³/mol. The van der Waals surface area contributed by atoms with Crippen molar-refractivity contribution < 1.29 is 5.11 Å². The first-order chi connectivity index (χ1) is 12.1. The highest BCUT2D eigenvalue weighted by Gasteiger charge is 2.07. The largest absolute Gasteiger partial charge is 0.395 e. The number of rotatable bonds is 6. The molecule has 3 rings (SSSR count). The van der Waals surface area contributed by atoms with Crippen molar-refractivity contribution >= 4 is 33.5 Å². The van der Waals surface area contributed by atoms with Gasteiger partial charge < -0.3 is 10.0 Å². The Morgan fingerprint density at radius 1 is 1.36 bits per heavy atom. The van der Waals surface area contributed by atoms with E-state index < -0.39 is 0 Å². The molecule has 0 atom stereocenters. The van der Waals surface area contributed by atoms with Crippen LogP contribution >= 0.6 is 11.3 Å². The van der Waals surface area contributed by atoms with Crippen LogP contribution in [-0.2, 0) is 6.42 Å². The summed E-state index contributed by atoms with van der Waals surface area (Å²) in [5.41, 5.74) is 1.74. The smallest absolute Gasteiger partial charge is 0.282 e. The van der Waals surface area contributed by atoms with Crippen molar-refractivity contribution in [2.75, 3.05) is 25.1 Å². The number of benzene rings is 1. The highest BCUT2D eigenvalue weighted by molar-refractivity contribution is 7.18. The van der Waals surface area contributed by atoms with Crippen molar-refractivity contribution in [3.8, 4) is 0 Å². The van der Waals surface area contributed by atoms with Crippen molar-refractivity contribution in [2.45, 2.75) is 13.3 Å². The molecule has 0 unspecified atom stereocenters. The van der Waals surface area contributed by atoms with E-state index >= 15 is 0 Å². The third kappa shape index (κ3) is 3.78. The quantitative estimate of drug-likeness (QED) is 0.688. The summed E-state index contributed by atoms with van der Waals surface area (Å²) in [6, 6.07) is 9.64. The molecule has 0 spiro atoms. The molecule has 0 radical (unpaired) electrons. The zero-order valence-electron chi connectivity index (χ0n) is 14.2. The van der Waals surface area contributed by atoms with Gasteiger partial charge in [-0.25, -0.2) is 4.98 Å². The fourth-order valence-electron chi connectivity index (χ4n) is 2.44. The second-order valence-corrected chi connectivity index (χ2v) is 6.78. The molecule has 7 heteroatoms. The Morgan fingerprint density at radius 2 is 2.12 bits per heavy atom. The molecule has 1 aromatic carbocycles. The minimum Gasteiger partial charge on any atom is -0.395 e.